The predicted molar refractivity (Wildman–Crippen MR) is 79.8 cm³/mol. The molecule has 0 aromatic rings. The SMILES string of the molecule is CCCCCCN1CC2(CCN(C(=O)CN)CC2)OC1=O. The summed E-state index contributed by atoms with van der Waals surface area (Å²) in [5.74, 6) is -0.0226. The topological polar surface area (TPSA) is 75.9 Å². The van der Waals surface area contributed by atoms with Crippen molar-refractivity contribution in [3.8, 4) is 0 Å². The molecule has 21 heavy (non-hydrogen) atoms. The first-order valence-corrected chi connectivity index (χ1v) is 8.06. The first-order chi connectivity index (χ1) is 10.1. The average Bonchev–Trinajstić information content (AvgIpc) is 2.79. The molecule has 0 aromatic heterocycles. The van der Waals surface area contributed by atoms with Crippen LogP contribution in [-0.2, 0) is 9.53 Å². The summed E-state index contributed by atoms with van der Waals surface area (Å²) in [6.45, 7) is 4.94. The molecule has 2 aliphatic heterocycles. The Labute approximate surface area is 126 Å². The second-order valence-electron chi connectivity index (χ2n) is 6.12. The molecule has 2 heterocycles. The minimum atomic E-state index is -0.382. The van der Waals surface area contributed by atoms with Crippen molar-refractivity contribution >= 4 is 12.0 Å². The third-order valence-electron chi connectivity index (χ3n) is 4.52. The number of piperidine rings is 1. The standard InChI is InChI=1S/C15H27N3O3/c1-2-3-4-5-8-18-12-15(21-14(18)20)6-9-17(10-7-15)13(19)11-16/h2-12,16H2,1H3. The Balaban J connectivity index is 1.81. The van der Waals surface area contributed by atoms with Crippen molar-refractivity contribution in [2.24, 2.45) is 5.73 Å². The van der Waals surface area contributed by atoms with E-state index in [1.807, 2.05) is 4.90 Å². The molecule has 2 rings (SSSR count). The van der Waals surface area contributed by atoms with Gasteiger partial charge in [0.2, 0.25) is 5.91 Å². The molecule has 0 bridgehead atoms. The van der Waals surface area contributed by atoms with Gasteiger partial charge in [-0.3, -0.25) is 4.79 Å². The van der Waals surface area contributed by atoms with Gasteiger partial charge in [-0.1, -0.05) is 26.2 Å². The van der Waals surface area contributed by atoms with Crippen LogP contribution in [0.1, 0.15) is 45.4 Å². The van der Waals surface area contributed by atoms with Crippen LogP contribution in [0.3, 0.4) is 0 Å². The fraction of sp³-hybridized carbons (Fsp3) is 0.867. The Morgan fingerprint density at radius 1 is 1.29 bits per heavy atom. The zero-order valence-electron chi connectivity index (χ0n) is 13.0. The van der Waals surface area contributed by atoms with Crippen LogP contribution in [0.5, 0.6) is 0 Å². The number of hydrogen-bond donors (Lipinski definition) is 1. The van der Waals surface area contributed by atoms with Gasteiger partial charge in [0.25, 0.3) is 0 Å². The van der Waals surface area contributed by atoms with Crippen LogP contribution in [0.25, 0.3) is 0 Å². The quantitative estimate of drug-likeness (QED) is 0.751. The summed E-state index contributed by atoms with van der Waals surface area (Å²) >= 11 is 0. The highest BCUT2D eigenvalue weighted by Gasteiger charge is 2.47. The number of unbranched alkanes of at least 4 members (excludes halogenated alkanes) is 3. The van der Waals surface area contributed by atoms with E-state index in [-0.39, 0.29) is 24.1 Å². The summed E-state index contributed by atoms with van der Waals surface area (Å²) in [5.41, 5.74) is 5.00. The van der Waals surface area contributed by atoms with E-state index in [4.69, 9.17) is 10.5 Å². The number of nitrogens with zero attached hydrogens (tertiary/aromatic N) is 2. The average molecular weight is 297 g/mol. The number of ether oxygens (including phenoxy) is 1. The molecular formula is C15H27N3O3. The lowest BCUT2D eigenvalue weighted by atomic mass is 9.91. The largest absolute Gasteiger partial charge is 0.441 e. The number of nitrogens with two attached hydrogens (primary N) is 1. The van der Waals surface area contributed by atoms with Crippen LogP contribution >= 0.6 is 0 Å². The van der Waals surface area contributed by atoms with Crippen LogP contribution in [0, 0.1) is 0 Å². The number of carbonyl (C=O) groups excluding carboxylic acids is 2. The Bertz CT molecular complexity index is 378. The van der Waals surface area contributed by atoms with Crippen molar-refractivity contribution in [3.05, 3.63) is 0 Å². The van der Waals surface area contributed by atoms with Gasteiger partial charge in [-0.25, -0.2) is 4.79 Å². The van der Waals surface area contributed by atoms with E-state index in [9.17, 15) is 9.59 Å². The first kappa shape index (κ1) is 16.1. The molecular weight excluding hydrogens is 270 g/mol. The molecule has 6 heteroatoms. The lowest BCUT2D eigenvalue weighted by molar-refractivity contribution is -0.133. The fourth-order valence-corrected chi connectivity index (χ4v) is 3.15. The van der Waals surface area contributed by atoms with Crippen molar-refractivity contribution in [3.63, 3.8) is 0 Å². The van der Waals surface area contributed by atoms with Crippen LogP contribution in [0.15, 0.2) is 0 Å². The van der Waals surface area contributed by atoms with Gasteiger partial charge in [-0.2, -0.15) is 0 Å². The normalized spacial score (nSPS) is 21.0. The Kier molecular flexibility index (Phi) is 5.45. The molecule has 2 N–H and O–H groups in total. The summed E-state index contributed by atoms with van der Waals surface area (Å²) in [6.07, 6.45) is 5.85. The summed E-state index contributed by atoms with van der Waals surface area (Å²) in [7, 11) is 0. The van der Waals surface area contributed by atoms with E-state index < -0.39 is 0 Å². The monoisotopic (exact) mass is 297 g/mol. The van der Waals surface area contributed by atoms with E-state index in [0.29, 0.717) is 19.6 Å². The molecule has 6 nitrogen and oxygen atoms in total. The van der Waals surface area contributed by atoms with Gasteiger partial charge >= 0.3 is 6.09 Å². The van der Waals surface area contributed by atoms with Crippen LogP contribution in [0.4, 0.5) is 4.79 Å². The molecule has 2 amide bonds. The molecule has 2 aliphatic rings. The van der Waals surface area contributed by atoms with Gasteiger partial charge in [0.15, 0.2) is 0 Å². The van der Waals surface area contributed by atoms with Gasteiger partial charge < -0.3 is 20.3 Å². The fourth-order valence-electron chi connectivity index (χ4n) is 3.15. The Morgan fingerprint density at radius 3 is 2.62 bits per heavy atom. The summed E-state index contributed by atoms with van der Waals surface area (Å²) in [4.78, 5) is 27.2. The number of rotatable bonds is 6. The van der Waals surface area contributed by atoms with E-state index in [1.54, 1.807) is 4.90 Å². The smallest absolute Gasteiger partial charge is 0.410 e. The van der Waals surface area contributed by atoms with Crippen molar-refractivity contribution in [1.29, 1.82) is 0 Å². The predicted octanol–water partition coefficient (Wildman–Crippen LogP) is 1.34. The molecule has 0 saturated carbocycles. The summed E-state index contributed by atoms with van der Waals surface area (Å²) in [5, 5.41) is 0. The second kappa shape index (κ2) is 7.11. The van der Waals surface area contributed by atoms with Crippen LogP contribution in [-0.4, -0.2) is 60.1 Å². The van der Waals surface area contributed by atoms with Crippen LogP contribution < -0.4 is 5.73 Å². The maximum Gasteiger partial charge on any atom is 0.410 e. The lowest BCUT2D eigenvalue weighted by Gasteiger charge is -2.37. The van der Waals surface area contributed by atoms with Gasteiger partial charge in [0.1, 0.15) is 5.60 Å². The molecule has 0 aliphatic carbocycles. The van der Waals surface area contributed by atoms with E-state index in [2.05, 4.69) is 6.92 Å². The third kappa shape index (κ3) is 3.87. The van der Waals surface area contributed by atoms with Crippen LogP contribution in [0.2, 0.25) is 0 Å². The van der Waals surface area contributed by atoms with Crippen molar-refractivity contribution in [2.45, 2.75) is 51.0 Å². The maximum absolute atomic E-state index is 12.0. The number of likely N-dealkylation sites (tertiary alicyclic amines) is 1. The number of carbonyl (C=O) groups is 2. The zero-order valence-corrected chi connectivity index (χ0v) is 13.0. The van der Waals surface area contributed by atoms with E-state index in [1.165, 1.54) is 12.8 Å². The highest BCUT2D eigenvalue weighted by Crippen LogP contribution is 2.33. The van der Waals surface area contributed by atoms with Gasteiger partial charge in [-0.05, 0) is 6.42 Å². The molecule has 0 unspecified atom stereocenters. The highest BCUT2D eigenvalue weighted by atomic mass is 16.6. The van der Waals surface area contributed by atoms with Crippen molar-refractivity contribution < 1.29 is 14.3 Å². The zero-order chi connectivity index (χ0) is 15.3. The molecule has 120 valence electrons. The Morgan fingerprint density at radius 2 is 2.00 bits per heavy atom. The number of amides is 2. The molecule has 1 spiro atoms. The number of hydrogen-bond acceptors (Lipinski definition) is 4. The minimum absolute atomic E-state index is 0.0226. The maximum atomic E-state index is 12.0. The second-order valence-corrected chi connectivity index (χ2v) is 6.12. The lowest BCUT2D eigenvalue weighted by Crippen LogP contribution is -2.50. The molecule has 0 radical (unpaired) electrons. The van der Waals surface area contributed by atoms with E-state index in [0.717, 1.165) is 32.2 Å². The molecule has 0 atom stereocenters. The molecule has 2 fully saturated rings. The van der Waals surface area contributed by atoms with E-state index >= 15 is 0 Å². The highest BCUT2D eigenvalue weighted by molar-refractivity contribution is 5.78. The van der Waals surface area contributed by atoms with Crippen molar-refractivity contribution in [1.82, 2.24) is 9.80 Å². The summed E-state index contributed by atoms with van der Waals surface area (Å²) < 4.78 is 5.64. The first-order valence-electron chi connectivity index (χ1n) is 8.06. The molecule has 0 aromatic carbocycles. The van der Waals surface area contributed by atoms with Gasteiger partial charge in [0.05, 0.1) is 13.1 Å². The summed E-state index contributed by atoms with van der Waals surface area (Å²) in [6, 6.07) is 0. The van der Waals surface area contributed by atoms with Crippen molar-refractivity contribution in [2.75, 3.05) is 32.7 Å². The third-order valence-corrected chi connectivity index (χ3v) is 4.52. The minimum Gasteiger partial charge on any atom is -0.441 e. The molecule has 2 saturated heterocycles. The van der Waals surface area contributed by atoms with Gasteiger partial charge in [-0.15, -0.1) is 0 Å². The van der Waals surface area contributed by atoms with Gasteiger partial charge in [0, 0.05) is 32.5 Å². The Hall–Kier alpha value is -1.30.